The molecular weight excluding hydrogens is 981 g/mol. The monoisotopic (exact) mass is 1070 g/mol. The van der Waals surface area contributed by atoms with E-state index in [4.69, 9.17) is 14.7 Å². The van der Waals surface area contributed by atoms with Gasteiger partial charge in [-0.05, 0) is 138 Å². The van der Waals surface area contributed by atoms with Crippen LogP contribution in [0.5, 0.6) is 0 Å². The second kappa shape index (κ2) is 38.5. The van der Waals surface area contributed by atoms with Crippen LogP contribution in [-0.2, 0) is 19.1 Å². The summed E-state index contributed by atoms with van der Waals surface area (Å²) in [5.41, 5.74) is 5.58. The van der Waals surface area contributed by atoms with E-state index in [1.807, 2.05) is 38.4 Å². The van der Waals surface area contributed by atoms with Crippen LogP contribution in [0.2, 0.25) is 0 Å². The molecule has 0 radical (unpaired) electrons. The zero-order chi connectivity index (χ0) is 57.1. The average molecular weight is 1070 g/mol. The summed E-state index contributed by atoms with van der Waals surface area (Å²) in [7, 11) is 7.83. The second-order valence-corrected chi connectivity index (χ2v) is 20.5. The highest BCUT2D eigenvalue weighted by atomic mass is 19.1. The second-order valence-electron chi connectivity index (χ2n) is 20.5. The molecule has 6 atom stereocenters. The summed E-state index contributed by atoms with van der Waals surface area (Å²) in [5, 5.41) is 8.87. The molecule has 10 nitrogen and oxygen atoms in total. The van der Waals surface area contributed by atoms with Gasteiger partial charge in [-0.15, -0.1) is 0 Å². The van der Waals surface area contributed by atoms with Crippen LogP contribution in [0.15, 0.2) is 133 Å². The third kappa shape index (κ3) is 27.8. The first-order valence-corrected chi connectivity index (χ1v) is 27.0. The van der Waals surface area contributed by atoms with Gasteiger partial charge in [-0.1, -0.05) is 89.2 Å². The number of nitriles is 1. The Morgan fingerprint density at radius 1 is 0.714 bits per heavy atom. The van der Waals surface area contributed by atoms with Gasteiger partial charge in [0, 0.05) is 101 Å². The molecule has 77 heavy (non-hydrogen) atoms. The normalized spacial score (nSPS) is 21.4. The Morgan fingerprint density at radius 2 is 1.26 bits per heavy atom. The Morgan fingerprint density at radius 3 is 1.71 bits per heavy atom. The van der Waals surface area contributed by atoms with Gasteiger partial charge in [-0.2, -0.15) is 5.26 Å². The SMILES string of the molecule is CC(C)C.COC1CCN(C)CC1OC.C[C@@H]1CN(C)CCC1c1ccccc1.C\C=C(C#N)/C=C\C(=C\CC)N1CCC(C=O)C1.Cc1cncc(N2CCC(C=O)C2)c1.Fc1cccc(F)c1.Fc1cccc(F)c1. The van der Waals surface area contributed by atoms with Gasteiger partial charge in [0.05, 0.1) is 30.2 Å². The summed E-state index contributed by atoms with van der Waals surface area (Å²) >= 11 is 0. The zero-order valence-electron chi connectivity index (χ0n) is 47.8. The molecule has 4 aromatic rings. The minimum absolute atomic E-state index is 0.149. The Labute approximate surface area is 459 Å². The zero-order valence-corrected chi connectivity index (χ0v) is 47.8. The van der Waals surface area contributed by atoms with E-state index < -0.39 is 23.3 Å². The van der Waals surface area contributed by atoms with E-state index in [0.717, 1.165) is 124 Å². The number of aldehydes is 2. The maximum absolute atomic E-state index is 11.9. The summed E-state index contributed by atoms with van der Waals surface area (Å²) in [6, 6.07) is 24.3. The number of benzene rings is 3. The molecule has 0 aliphatic carbocycles. The number of likely N-dealkylation sites (N-methyl/N-ethyl adjacent to an activating group) is 1. The molecule has 0 spiro atoms. The van der Waals surface area contributed by atoms with Gasteiger partial charge in [-0.3, -0.25) is 4.98 Å². The van der Waals surface area contributed by atoms with Crippen LogP contribution in [-0.4, -0.2) is 125 Å². The number of anilines is 1. The van der Waals surface area contributed by atoms with Gasteiger partial charge >= 0.3 is 0 Å². The van der Waals surface area contributed by atoms with E-state index in [-0.39, 0.29) is 24.0 Å². The number of hydrogen-bond acceptors (Lipinski definition) is 10. The fraction of sp³-hybridized carbons (Fsp3) is 0.492. The smallest absolute Gasteiger partial charge is 0.126 e. The molecule has 14 heteroatoms. The lowest BCUT2D eigenvalue weighted by Gasteiger charge is -2.35. The quantitative estimate of drug-likeness (QED) is 0.0660. The number of likely N-dealkylation sites (tertiary alicyclic amines) is 3. The topological polar surface area (TPSA) is 102 Å². The van der Waals surface area contributed by atoms with E-state index >= 15 is 0 Å². The number of piperidine rings is 2. The van der Waals surface area contributed by atoms with E-state index in [9.17, 15) is 27.2 Å². The Balaban J connectivity index is 0.000000317. The molecule has 5 unspecified atom stereocenters. The summed E-state index contributed by atoms with van der Waals surface area (Å²) in [4.78, 5) is 34.7. The van der Waals surface area contributed by atoms with E-state index in [1.165, 1.54) is 61.5 Å². The summed E-state index contributed by atoms with van der Waals surface area (Å²) in [5.74, 6) is 0.597. The van der Waals surface area contributed by atoms with Crippen molar-refractivity contribution < 1.29 is 36.6 Å². The van der Waals surface area contributed by atoms with E-state index in [0.29, 0.717) is 5.57 Å². The number of methoxy groups -OCH3 is 2. The van der Waals surface area contributed by atoms with Crippen molar-refractivity contribution in [2.24, 2.45) is 23.7 Å². The van der Waals surface area contributed by atoms with Gasteiger partial charge in [-0.25, -0.2) is 17.6 Å². The van der Waals surface area contributed by atoms with Gasteiger partial charge in [0.15, 0.2) is 0 Å². The van der Waals surface area contributed by atoms with E-state index in [1.54, 1.807) is 20.3 Å². The number of ether oxygens (including phenoxy) is 2. The van der Waals surface area contributed by atoms with Crippen molar-refractivity contribution in [2.45, 2.75) is 98.7 Å². The van der Waals surface area contributed by atoms with Crippen molar-refractivity contribution in [2.75, 3.05) is 85.6 Å². The summed E-state index contributed by atoms with van der Waals surface area (Å²) in [6.45, 7) is 22.9. The number of rotatable bonds is 10. The first-order valence-electron chi connectivity index (χ1n) is 27.0. The molecule has 3 aromatic carbocycles. The molecule has 0 bridgehead atoms. The van der Waals surface area contributed by atoms with Crippen LogP contribution in [0.25, 0.3) is 0 Å². The van der Waals surface area contributed by atoms with Gasteiger partial charge in [0.25, 0.3) is 0 Å². The third-order valence-corrected chi connectivity index (χ3v) is 12.9. The summed E-state index contributed by atoms with van der Waals surface area (Å²) in [6.07, 6.45) is 19.3. The highest BCUT2D eigenvalue weighted by Crippen LogP contribution is 2.32. The van der Waals surface area contributed by atoms with Crippen LogP contribution in [0.1, 0.15) is 90.7 Å². The molecule has 5 heterocycles. The minimum Gasteiger partial charge on any atom is -0.379 e. The Kier molecular flexibility index (Phi) is 33.6. The number of hydrogen-bond donors (Lipinski definition) is 0. The predicted octanol–water partition coefficient (Wildman–Crippen LogP) is 12.9. The molecule has 0 saturated carbocycles. The highest BCUT2D eigenvalue weighted by molar-refractivity contribution is 5.58. The number of aryl methyl sites for hydroxylation is 1. The van der Waals surface area contributed by atoms with Crippen LogP contribution >= 0.6 is 0 Å². The number of carbonyl (C=O) groups is 2. The Hall–Kier alpha value is -5.98. The number of carbonyl (C=O) groups excluding carboxylic acids is 2. The largest absolute Gasteiger partial charge is 0.379 e. The number of aromatic nitrogens is 1. The molecule has 0 N–H and O–H groups in total. The van der Waals surface area contributed by atoms with Crippen molar-refractivity contribution >= 4 is 18.3 Å². The van der Waals surface area contributed by atoms with Crippen LogP contribution < -0.4 is 4.90 Å². The van der Waals surface area contributed by atoms with Crippen molar-refractivity contribution in [3.05, 3.63) is 167 Å². The molecule has 4 aliphatic rings. The number of halogens is 4. The lowest BCUT2D eigenvalue weighted by atomic mass is 9.82. The highest BCUT2D eigenvalue weighted by Gasteiger charge is 2.28. The summed E-state index contributed by atoms with van der Waals surface area (Å²) < 4.78 is 58.3. The van der Waals surface area contributed by atoms with Crippen molar-refractivity contribution in [1.29, 1.82) is 5.26 Å². The molecule has 4 saturated heterocycles. The lowest BCUT2D eigenvalue weighted by molar-refractivity contribution is -0.111. The predicted molar refractivity (Wildman–Crippen MR) is 305 cm³/mol. The molecule has 8 rings (SSSR count). The van der Waals surface area contributed by atoms with Crippen LogP contribution in [0.3, 0.4) is 0 Å². The fourth-order valence-corrected chi connectivity index (χ4v) is 8.88. The van der Waals surface area contributed by atoms with Crippen LogP contribution in [0, 0.1) is 65.2 Å². The lowest BCUT2D eigenvalue weighted by Crippen LogP contribution is -2.46. The molecule has 4 aliphatic heterocycles. The third-order valence-electron chi connectivity index (χ3n) is 12.9. The maximum atomic E-state index is 11.9. The first-order chi connectivity index (χ1) is 36.9. The molecule has 422 valence electrons. The average Bonchev–Trinajstić information content (AvgIpc) is 4.11. The van der Waals surface area contributed by atoms with Crippen LogP contribution in [0.4, 0.5) is 23.2 Å². The van der Waals surface area contributed by atoms with Gasteiger partial charge in [0.2, 0.25) is 0 Å². The van der Waals surface area contributed by atoms with Gasteiger partial charge in [0.1, 0.15) is 35.8 Å². The van der Waals surface area contributed by atoms with Crippen molar-refractivity contribution in [1.82, 2.24) is 19.7 Å². The van der Waals surface area contributed by atoms with Gasteiger partial charge < -0.3 is 38.7 Å². The number of allylic oxidation sites excluding steroid dienone is 5. The maximum Gasteiger partial charge on any atom is 0.126 e. The number of pyridine rings is 1. The Bertz CT molecular complexity index is 2320. The molecule has 0 amide bonds. The van der Waals surface area contributed by atoms with Crippen molar-refractivity contribution in [3.63, 3.8) is 0 Å². The molecular formula is C63H88F4N6O4. The molecule has 1 aromatic heterocycles. The minimum atomic E-state index is -0.537. The fourth-order valence-electron chi connectivity index (χ4n) is 8.88. The molecule has 4 fully saturated rings. The van der Waals surface area contributed by atoms with Crippen molar-refractivity contribution in [3.8, 4) is 6.07 Å². The van der Waals surface area contributed by atoms with E-state index in [2.05, 4.69) is 122 Å². The number of nitrogens with zero attached hydrogens (tertiary/aromatic N) is 6. The first kappa shape index (κ1) is 67.1. The standard InChI is InChI=1S/C15H20N2O.C13H19N.C11H14N2O.C8H17NO2.2C6H4F2.C4H10/c1-3-5-15(7-6-13(4-2)10-16)17-9-8-14(11-17)12-18;1-11-10-14(2)9-8-13(11)12-6-4-3-5-7-12;1-9-4-11(6-12-5-9)13-3-2-10(7-13)8-14;1-9-5-4-7(10-2)8(6-9)11-3;2*7-5-2-1-3-6(8)4-5;1-4(2)3/h4-7,12,14H,3,8-9,11H2,1-2H3;3-7,11,13H,8-10H2,1-2H3;4-6,8,10H,2-3,7H2,1H3;7-8H,4-6H2,1-3H3;2*1-4H;4H,1-3H3/b7-6-,13-4+,15-5-;;;;;;/t;11-,13?;;;;;/m.1...../s1.